The van der Waals surface area contributed by atoms with Crippen LogP contribution in [-0.4, -0.2) is 4.98 Å². The lowest BCUT2D eigenvalue weighted by Crippen LogP contribution is -1.74. The molecule has 0 saturated carbocycles. The minimum Gasteiger partial charge on any atom is -0.361 e. The molecule has 0 saturated heterocycles. The van der Waals surface area contributed by atoms with Crippen LogP contribution >= 0.6 is 0 Å². The molecule has 1 heteroatoms. The molecule has 0 atom stereocenters. The summed E-state index contributed by atoms with van der Waals surface area (Å²) >= 11 is 0. The number of rotatable bonds is 0. The summed E-state index contributed by atoms with van der Waals surface area (Å²) in [6.45, 7) is 4.27. The maximum absolute atomic E-state index is 3.23. The van der Waals surface area contributed by atoms with Gasteiger partial charge in [-0.15, -0.1) is 0 Å². The number of hydrogen-bond donors (Lipinski definition) is 1. The smallest absolute Gasteiger partial charge is 0.0459 e. The highest BCUT2D eigenvalue weighted by molar-refractivity contribution is 5.86. The summed E-state index contributed by atoms with van der Waals surface area (Å²) in [5.41, 5.74) is 3.92. The molecule has 2 aromatic rings. The van der Waals surface area contributed by atoms with Gasteiger partial charge in [-0.1, -0.05) is 12.1 Å². The van der Waals surface area contributed by atoms with Gasteiger partial charge in [-0.25, -0.2) is 0 Å². The molecule has 56 valence electrons. The van der Waals surface area contributed by atoms with Gasteiger partial charge in [-0.05, 0) is 31.0 Å². The first kappa shape index (κ1) is 6.47. The van der Waals surface area contributed by atoms with Gasteiger partial charge in [0.05, 0.1) is 0 Å². The van der Waals surface area contributed by atoms with Crippen LogP contribution in [-0.2, 0) is 0 Å². The van der Waals surface area contributed by atoms with Gasteiger partial charge in [0, 0.05) is 17.1 Å². The fourth-order valence-electron chi connectivity index (χ4n) is 1.57. The molecule has 0 aliphatic rings. The SMILES string of the molecule is Cc1cccc2[nH]cc(C)c12. The minimum absolute atomic E-state index is 1.24. The van der Waals surface area contributed by atoms with E-state index in [1.165, 1.54) is 22.0 Å². The lowest BCUT2D eigenvalue weighted by molar-refractivity contribution is 1.43. The van der Waals surface area contributed by atoms with Gasteiger partial charge in [0.25, 0.3) is 0 Å². The molecule has 0 aliphatic carbocycles. The molecule has 1 aromatic heterocycles. The van der Waals surface area contributed by atoms with Gasteiger partial charge in [0.1, 0.15) is 0 Å². The van der Waals surface area contributed by atoms with Crippen molar-refractivity contribution in [3.05, 3.63) is 35.5 Å². The lowest BCUT2D eigenvalue weighted by Gasteiger charge is -1.95. The van der Waals surface area contributed by atoms with Crippen molar-refractivity contribution >= 4 is 10.9 Å². The quantitative estimate of drug-likeness (QED) is 0.586. The van der Waals surface area contributed by atoms with E-state index in [2.05, 4.69) is 43.2 Å². The predicted octanol–water partition coefficient (Wildman–Crippen LogP) is 2.78. The molecule has 1 heterocycles. The average Bonchev–Trinajstić information content (AvgIpc) is 2.34. The summed E-state index contributed by atoms with van der Waals surface area (Å²) in [5, 5.41) is 1.37. The van der Waals surface area contributed by atoms with Crippen molar-refractivity contribution in [2.24, 2.45) is 0 Å². The van der Waals surface area contributed by atoms with Crippen molar-refractivity contribution in [2.45, 2.75) is 13.8 Å². The molecule has 11 heavy (non-hydrogen) atoms. The molecule has 1 N–H and O–H groups in total. The van der Waals surface area contributed by atoms with Gasteiger partial charge in [0.15, 0.2) is 0 Å². The van der Waals surface area contributed by atoms with Gasteiger partial charge >= 0.3 is 0 Å². The summed E-state index contributed by atoms with van der Waals surface area (Å²) in [6, 6.07) is 6.33. The molecular formula is C10H11N. The minimum atomic E-state index is 1.24. The largest absolute Gasteiger partial charge is 0.361 e. The van der Waals surface area contributed by atoms with Gasteiger partial charge < -0.3 is 4.98 Å². The average molecular weight is 145 g/mol. The van der Waals surface area contributed by atoms with Crippen molar-refractivity contribution in [3.8, 4) is 0 Å². The Balaban J connectivity index is 2.96. The second kappa shape index (κ2) is 2.12. The van der Waals surface area contributed by atoms with Crippen LogP contribution < -0.4 is 0 Å². The number of hydrogen-bond acceptors (Lipinski definition) is 0. The Morgan fingerprint density at radius 3 is 2.64 bits per heavy atom. The zero-order valence-electron chi connectivity index (χ0n) is 6.81. The first-order valence-electron chi connectivity index (χ1n) is 3.82. The zero-order chi connectivity index (χ0) is 7.84. The van der Waals surface area contributed by atoms with Crippen LogP contribution in [0.4, 0.5) is 0 Å². The number of fused-ring (bicyclic) bond motifs is 1. The van der Waals surface area contributed by atoms with Crippen molar-refractivity contribution in [3.63, 3.8) is 0 Å². The van der Waals surface area contributed by atoms with Crippen molar-refractivity contribution < 1.29 is 0 Å². The molecule has 0 spiro atoms. The summed E-state index contributed by atoms with van der Waals surface area (Å²) in [4.78, 5) is 3.23. The van der Waals surface area contributed by atoms with E-state index in [9.17, 15) is 0 Å². The molecule has 0 bridgehead atoms. The summed E-state index contributed by atoms with van der Waals surface area (Å²) in [7, 11) is 0. The maximum atomic E-state index is 3.23. The molecule has 0 fully saturated rings. The Morgan fingerprint density at radius 1 is 1.09 bits per heavy atom. The number of nitrogens with one attached hydrogen (secondary N) is 1. The standard InChI is InChI=1S/C10H11N/c1-7-4-3-5-9-10(7)8(2)6-11-9/h3-6,11H,1-2H3. The molecule has 0 radical (unpaired) electrons. The summed E-state index contributed by atoms with van der Waals surface area (Å²) < 4.78 is 0. The molecule has 0 aliphatic heterocycles. The predicted molar refractivity (Wildman–Crippen MR) is 47.8 cm³/mol. The van der Waals surface area contributed by atoms with Gasteiger partial charge in [-0.2, -0.15) is 0 Å². The molecule has 0 amide bonds. The number of aromatic amines is 1. The van der Waals surface area contributed by atoms with Crippen LogP contribution in [0.3, 0.4) is 0 Å². The monoisotopic (exact) mass is 145 g/mol. The Hall–Kier alpha value is -1.24. The summed E-state index contributed by atoms with van der Waals surface area (Å²) in [5.74, 6) is 0. The van der Waals surface area contributed by atoms with E-state index < -0.39 is 0 Å². The van der Waals surface area contributed by atoms with Crippen LogP contribution in [0.1, 0.15) is 11.1 Å². The van der Waals surface area contributed by atoms with Crippen LogP contribution in [0, 0.1) is 13.8 Å². The third-order valence-electron chi connectivity index (χ3n) is 2.11. The van der Waals surface area contributed by atoms with E-state index in [0.717, 1.165) is 0 Å². The van der Waals surface area contributed by atoms with Crippen LogP contribution in [0.5, 0.6) is 0 Å². The van der Waals surface area contributed by atoms with E-state index in [0.29, 0.717) is 0 Å². The molecule has 2 rings (SSSR count). The van der Waals surface area contributed by atoms with Crippen molar-refractivity contribution in [1.82, 2.24) is 4.98 Å². The third kappa shape index (κ3) is 0.845. The first-order valence-corrected chi connectivity index (χ1v) is 3.82. The highest BCUT2D eigenvalue weighted by Gasteiger charge is 1.99. The van der Waals surface area contributed by atoms with E-state index in [-0.39, 0.29) is 0 Å². The van der Waals surface area contributed by atoms with Crippen LogP contribution in [0.15, 0.2) is 24.4 Å². The van der Waals surface area contributed by atoms with E-state index in [1.807, 2.05) is 0 Å². The normalized spacial score (nSPS) is 10.7. The number of aryl methyl sites for hydroxylation is 2. The molecule has 1 aromatic carbocycles. The van der Waals surface area contributed by atoms with Crippen LogP contribution in [0.25, 0.3) is 10.9 Å². The fourth-order valence-corrected chi connectivity index (χ4v) is 1.57. The van der Waals surface area contributed by atoms with Crippen molar-refractivity contribution in [1.29, 1.82) is 0 Å². The van der Waals surface area contributed by atoms with Crippen LogP contribution in [0.2, 0.25) is 0 Å². The fraction of sp³-hybridized carbons (Fsp3) is 0.200. The lowest BCUT2D eigenvalue weighted by atomic mass is 10.1. The van der Waals surface area contributed by atoms with E-state index >= 15 is 0 Å². The van der Waals surface area contributed by atoms with Crippen molar-refractivity contribution in [2.75, 3.05) is 0 Å². The number of benzene rings is 1. The highest BCUT2D eigenvalue weighted by Crippen LogP contribution is 2.20. The Morgan fingerprint density at radius 2 is 1.91 bits per heavy atom. The van der Waals surface area contributed by atoms with E-state index in [1.54, 1.807) is 0 Å². The maximum Gasteiger partial charge on any atom is 0.0459 e. The third-order valence-corrected chi connectivity index (χ3v) is 2.11. The first-order chi connectivity index (χ1) is 5.29. The second-order valence-corrected chi connectivity index (χ2v) is 2.97. The van der Waals surface area contributed by atoms with Gasteiger partial charge in [-0.3, -0.25) is 0 Å². The van der Waals surface area contributed by atoms with E-state index in [4.69, 9.17) is 0 Å². The topological polar surface area (TPSA) is 15.8 Å². The Kier molecular flexibility index (Phi) is 1.25. The second-order valence-electron chi connectivity index (χ2n) is 2.97. The summed E-state index contributed by atoms with van der Waals surface area (Å²) in [6.07, 6.45) is 2.05. The Bertz CT molecular complexity index is 385. The molecule has 0 unspecified atom stereocenters. The Labute approximate surface area is 66.1 Å². The highest BCUT2D eigenvalue weighted by atomic mass is 14.7. The zero-order valence-corrected chi connectivity index (χ0v) is 6.81. The number of H-pyrrole nitrogens is 1. The number of aromatic nitrogens is 1. The molecular weight excluding hydrogens is 134 g/mol. The van der Waals surface area contributed by atoms with Gasteiger partial charge in [0.2, 0.25) is 0 Å². The molecule has 1 nitrogen and oxygen atoms in total.